The molecule has 1 atom stereocenters. The van der Waals surface area contributed by atoms with Crippen LogP contribution in [0.2, 0.25) is 5.02 Å². The van der Waals surface area contributed by atoms with E-state index in [0.717, 1.165) is 0 Å². The molecule has 0 amide bonds. The first kappa shape index (κ1) is 13.3. The summed E-state index contributed by atoms with van der Waals surface area (Å²) in [4.78, 5) is 0. The Morgan fingerprint density at radius 1 is 1.38 bits per heavy atom. The van der Waals surface area contributed by atoms with Gasteiger partial charge in [0.25, 0.3) is 0 Å². The predicted octanol–water partition coefficient (Wildman–Crippen LogP) is 1.22. The number of halogens is 1. The molecule has 90 valence electrons. The zero-order chi connectivity index (χ0) is 12.0. The van der Waals surface area contributed by atoms with Crippen molar-refractivity contribution >= 4 is 11.6 Å². The van der Waals surface area contributed by atoms with Crippen LogP contribution in [0.5, 0.6) is 5.75 Å². The van der Waals surface area contributed by atoms with E-state index in [-0.39, 0.29) is 19.8 Å². The van der Waals surface area contributed by atoms with E-state index in [4.69, 9.17) is 26.2 Å². The van der Waals surface area contributed by atoms with Crippen LogP contribution in [0.25, 0.3) is 0 Å². The Morgan fingerprint density at radius 3 is 2.75 bits per heavy atom. The van der Waals surface area contributed by atoms with Crippen molar-refractivity contribution in [2.75, 3.05) is 20.3 Å². The lowest BCUT2D eigenvalue weighted by molar-refractivity contribution is 0.0320. The summed E-state index contributed by atoms with van der Waals surface area (Å²) in [5, 5.41) is 19.0. The summed E-state index contributed by atoms with van der Waals surface area (Å²) in [5.41, 5.74) is 0.595. The van der Waals surface area contributed by atoms with Gasteiger partial charge < -0.3 is 19.7 Å². The first-order valence-corrected chi connectivity index (χ1v) is 5.24. The topological polar surface area (TPSA) is 58.9 Å². The number of aliphatic hydroxyl groups is 2. The van der Waals surface area contributed by atoms with Crippen molar-refractivity contribution in [3.8, 4) is 5.75 Å². The first-order chi connectivity index (χ1) is 7.67. The summed E-state index contributed by atoms with van der Waals surface area (Å²) in [6.45, 7) is 0.167. The molecule has 0 fully saturated rings. The highest BCUT2D eigenvalue weighted by molar-refractivity contribution is 6.30. The van der Waals surface area contributed by atoms with Gasteiger partial charge in [0.1, 0.15) is 18.5 Å². The normalized spacial score (nSPS) is 12.5. The lowest BCUT2D eigenvalue weighted by atomic mass is 10.2. The predicted molar refractivity (Wildman–Crippen MR) is 60.8 cm³/mol. The van der Waals surface area contributed by atoms with Gasteiger partial charge in [-0.3, -0.25) is 0 Å². The molecular formula is C11H15ClO4. The van der Waals surface area contributed by atoms with Crippen LogP contribution >= 0.6 is 11.6 Å². The Morgan fingerprint density at radius 2 is 2.12 bits per heavy atom. The van der Waals surface area contributed by atoms with Gasteiger partial charge in [-0.1, -0.05) is 11.6 Å². The summed E-state index contributed by atoms with van der Waals surface area (Å²) in [5.74, 6) is 0.516. The van der Waals surface area contributed by atoms with Crippen LogP contribution in [-0.2, 0) is 11.3 Å². The fourth-order valence-electron chi connectivity index (χ4n) is 1.24. The van der Waals surface area contributed by atoms with Gasteiger partial charge in [-0.05, 0) is 18.2 Å². The maximum atomic E-state index is 9.39. The van der Waals surface area contributed by atoms with Gasteiger partial charge >= 0.3 is 0 Å². The average Bonchev–Trinajstić information content (AvgIpc) is 2.27. The van der Waals surface area contributed by atoms with Gasteiger partial charge in [-0.2, -0.15) is 0 Å². The summed E-state index contributed by atoms with van der Waals surface area (Å²) in [6.07, 6.45) is -0.688. The highest BCUT2D eigenvalue weighted by Crippen LogP contribution is 2.22. The van der Waals surface area contributed by atoms with Crippen molar-refractivity contribution in [1.29, 1.82) is 0 Å². The van der Waals surface area contributed by atoms with Crippen molar-refractivity contribution in [3.63, 3.8) is 0 Å². The SMILES string of the molecule is COCC(O)COc1ccc(Cl)cc1CO. The van der Waals surface area contributed by atoms with Crippen LogP contribution < -0.4 is 4.74 Å². The van der Waals surface area contributed by atoms with E-state index in [1.54, 1.807) is 18.2 Å². The third-order valence-electron chi connectivity index (χ3n) is 1.98. The number of hydrogen-bond donors (Lipinski definition) is 2. The van der Waals surface area contributed by atoms with Crippen LogP contribution in [0.3, 0.4) is 0 Å². The first-order valence-electron chi connectivity index (χ1n) is 4.86. The molecule has 1 aromatic carbocycles. The summed E-state index contributed by atoms with van der Waals surface area (Å²) in [7, 11) is 1.50. The zero-order valence-electron chi connectivity index (χ0n) is 9.02. The van der Waals surface area contributed by atoms with Crippen LogP contribution in [0.15, 0.2) is 18.2 Å². The highest BCUT2D eigenvalue weighted by Gasteiger charge is 2.08. The third kappa shape index (κ3) is 3.98. The molecular weight excluding hydrogens is 232 g/mol. The molecule has 0 saturated heterocycles. The molecule has 1 aromatic rings. The summed E-state index contributed by atoms with van der Waals surface area (Å²) in [6, 6.07) is 4.95. The van der Waals surface area contributed by atoms with Crippen molar-refractivity contribution in [1.82, 2.24) is 0 Å². The molecule has 0 heterocycles. The molecule has 16 heavy (non-hydrogen) atoms. The Bertz CT molecular complexity index is 330. The number of benzene rings is 1. The van der Waals surface area contributed by atoms with E-state index in [0.29, 0.717) is 16.3 Å². The minimum atomic E-state index is -0.688. The lowest BCUT2D eigenvalue weighted by Crippen LogP contribution is -2.22. The monoisotopic (exact) mass is 246 g/mol. The minimum absolute atomic E-state index is 0.114. The van der Waals surface area contributed by atoms with Crippen molar-refractivity contribution in [2.45, 2.75) is 12.7 Å². The number of aliphatic hydroxyl groups excluding tert-OH is 2. The second-order valence-corrected chi connectivity index (χ2v) is 3.77. The van der Waals surface area contributed by atoms with Crippen molar-refractivity contribution in [2.24, 2.45) is 0 Å². The molecule has 1 unspecified atom stereocenters. The van der Waals surface area contributed by atoms with Gasteiger partial charge in [0.2, 0.25) is 0 Å². The molecule has 0 saturated carbocycles. The summed E-state index contributed by atoms with van der Waals surface area (Å²) >= 11 is 5.77. The molecule has 0 bridgehead atoms. The molecule has 2 N–H and O–H groups in total. The maximum absolute atomic E-state index is 9.39. The number of methoxy groups -OCH3 is 1. The van der Waals surface area contributed by atoms with E-state index in [9.17, 15) is 5.11 Å². The Labute approximate surface area is 99.4 Å². The van der Waals surface area contributed by atoms with Crippen LogP contribution in [0.4, 0.5) is 0 Å². The van der Waals surface area contributed by atoms with E-state index >= 15 is 0 Å². The molecule has 1 rings (SSSR count). The van der Waals surface area contributed by atoms with Gasteiger partial charge in [-0.25, -0.2) is 0 Å². The lowest BCUT2D eigenvalue weighted by Gasteiger charge is -2.13. The minimum Gasteiger partial charge on any atom is -0.490 e. The zero-order valence-corrected chi connectivity index (χ0v) is 9.78. The summed E-state index contributed by atoms with van der Waals surface area (Å²) < 4.78 is 10.1. The molecule has 4 nitrogen and oxygen atoms in total. The fourth-order valence-corrected chi connectivity index (χ4v) is 1.43. The van der Waals surface area contributed by atoms with Crippen LogP contribution in [0, 0.1) is 0 Å². The maximum Gasteiger partial charge on any atom is 0.125 e. The number of rotatable bonds is 6. The van der Waals surface area contributed by atoms with E-state index in [1.807, 2.05) is 0 Å². The second-order valence-electron chi connectivity index (χ2n) is 3.33. The van der Waals surface area contributed by atoms with E-state index in [2.05, 4.69) is 0 Å². The van der Waals surface area contributed by atoms with Gasteiger partial charge in [-0.15, -0.1) is 0 Å². The highest BCUT2D eigenvalue weighted by atomic mass is 35.5. The number of ether oxygens (including phenoxy) is 2. The molecule has 0 spiro atoms. The van der Waals surface area contributed by atoms with E-state index < -0.39 is 6.10 Å². The van der Waals surface area contributed by atoms with Crippen molar-refractivity contribution < 1.29 is 19.7 Å². The smallest absolute Gasteiger partial charge is 0.125 e. The van der Waals surface area contributed by atoms with Crippen LogP contribution in [0.1, 0.15) is 5.56 Å². The quantitative estimate of drug-likeness (QED) is 0.792. The standard InChI is InChI=1S/C11H15ClO4/c1-15-6-10(14)7-16-11-3-2-9(12)4-8(11)5-13/h2-4,10,13-14H,5-7H2,1H3. The van der Waals surface area contributed by atoms with Gasteiger partial charge in [0.05, 0.1) is 13.2 Å². The van der Waals surface area contributed by atoms with Crippen molar-refractivity contribution in [3.05, 3.63) is 28.8 Å². The Hall–Kier alpha value is -0.810. The van der Waals surface area contributed by atoms with Gasteiger partial charge in [0, 0.05) is 17.7 Å². The number of hydrogen-bond acceptors (Lipinski definition) is 4. The molecule has 0 radical (unpaired) electrons. The van der Waals surface area contributed by atoms with E-state index in [1.165, 1.54) is 7.11 Å². The Balaban J connectivity index is 2.59. The largest absolute Gasteiger partial charge is 0.490 e. The molecule has 0 aliphatic rings. The molecule has 0 aromatic heterocycles. The second kappa shape index (κ2) is 6.70. The van der Waals surface area contributed by atoms with Crippen LogP contribution in [-0.4, -0.2) is 36.6 Å². The Kier molecular flexibility index (Phi) is 5.55. The van der Waals surface area contributed by atoms with Gasteiger partial charge in [0.15, 0.2) is 0 Å². The molecule has 5 heteroatoms. The molecule has 0 aliphatic heterocycles. The fraction of sp³-hybridized carbons (Fsp3) is 0.455. The molecule has 0 aliphatic carbocycles. The average molecular weight is 247 g/mol. The third-order valence-corrected chi connectivity index (χ3v) is 2.22.